The summed E-state index contributed by atoms with van der Waals surface area (Å²) < 4.78 is 14.3. The van der Waals surface area contributed by atoms with Crippen molar-refractivity contribution in [3.05, 3.63) is 59.9 Å². The van der Waals surface area contributed by atoms with Crippen LogP contribution in [0.2, 0.25) is 0 Å². The molecule has 0 amide bonds. The van der Waals surface area contributed by atoms with Gasteiger partial charge in [-0.05, 0) is 31.4 Å². The van der Waals surface area contributed by atoms with E-state index in [0.29, 0.717) is 11.6 Å². The van der Waals surface area contributed by atoms with E-state index in [2.05, 4.69) is 19.9 Å². The molecule has 2 bridgehead atoms. The van der Waals surface area contributed by atoms with E-state index < -0.39 is 5.95 Å². The largest absolute Gasteiger partial charge is 0.377 e. The minimum atomic E-state index is -0.447. The summed E-state index contributed by atoms with van der Waals surface area (Å²) in [6, 6.07) is 9.59. The highest BCUT2D eigenvalue weighted by molar-refractivity contribution is 5.58. The predicted octanol–water partition coefficient (Wildman–Crippen LogP) is 3.80. The molecule has 5 rings (SSSR count). The molecule has 0 saturated carbocycles. The smallest absolute Gasteiger partial charge is 0.216 e. The topological polar surface area (TPSA) is 58.0 Å². The molecule has 5 heterocycles. The highest BCUT2D eigenvalue weighted by atomic mass is 19.1. The zero-order valence-corrected chi connectivity index (χ0v) is 16.6. The number of fused-ring (bicyclic) bond motifs is 4. The second kappa shape index (κ2) is 7.06. The van der Waals surface area contributed by atoms with Crippen LogP contribution in [0.4, 0.5) is 15.9 Å². The fraction of sp³-hybridized carbons (Fsp3) is 0.364. The van der Waals surface area contributed by atoms with Gasteiger partial charge in [0.25, 0.3) is 0 Å². The third-order valence-corrected chi connectivity index (χ3v) is 5.87. The van der Waals surface area contributed by atoms with Crippen molar-refractivity contribution in [3.63, 3.8) is 0 Å². The second-order valence-electron chi connectivity index (χ2n) is 7.92. The zero-order valence-electron chi connectivity index (χ0n) is 16.6. The summed E-state index contributed by atoms with van der Waals surface area (Å²) in [5.74, 6) is 0.911. The van der Waals surface area contributed by atoms with Crippen LogP contribution in [-0.2, 0) is 6.42 Å². The van der Waals surface area contributed by atoms with Crippen LogP contribution in [0.15, 0.2) is 42.7 Å². The van der Waals surface area contributed by atoms with Crippen LogP contribution >= 0.6 is 0 Å². The van der Waals surface area contributed by atoms with E-state index in [4.69, 9.17) is 4.98 Å². The quantitative estimate of drug-likeness (QED) is 0.634. The van der Waals surface area contributed by atoms with E-state index >= 15 is 0 Å². The molecular formula is C22H23FN6. The Labute approximate surface area is 169 Å². The highest BCUT2D eigenvalue weighted by Crippen LogP contribution is 2.44. The number of rotatable bonds is 3. The van der Waals surface area contributed by atoms with E-state index in [1.54, 1.807) is 6.20 Å². The van der Waals surface area contributed by atoms with Gasteiger partial charge < -0.3 is 9.80 Å². The molecule has 0 radical (unpaired) electrons. The summed E-state index contributed by atoms with van der Waals surface area (Å²) in [5, 5.41) is 0. The van der Waals surface area contributed by atoms with E-state index in [1.807, 2.05) is 49.5 Å². The zero-order chi connectivity index (χ0) is 20.0. The average Bonchev–Trinajstić information content (AvgIpc) is 2.73. The molecule has 0 aromatic carbocycles. The van der Waals surface area contributed by atoms with Gasteiger partial charge in [-0.2, -0.15) is 4.39 Å². The molecule has 0 spiro atoms. The fourth-order valence-electron chi connectivity index (χ4n) is 4.50. The molecular weight excluding hydrogens is 367 g/mol. The summed E-state index contributed by atoms with van der Waals surface area (Å²) in [6.45, 7) is 0. The minimum absolute atomic E-state index is 0.125. The number of anilines is 2. The van der Waals surface area contributed by atoms with Crippen LogP contribution in [0.5, 0.6) is 0 Å². The van der Waals surface area contributed by atoms with Crippen molar-refractivity contribution in [3.8, 4) is 11.5 Å². The van der Waals surface area contributed by atoms with Crippen LogP contribution < -0.4 is 9.80 Å². The summed E-state index contributed by atoms with van der Waals surface area (Å²) in [4.78, 5) is 22.3. The third kappa shape index (κ3) is 3.20. The molecule has 7 heteroatoms. The van der Waals surface area contributed by atoms with Crippen LogP contribution in [-0.4, -0.2) is 40.1 Å². The van der Waals surface area contributed by atoms with E-state index in [1.165, 1.54) is 6.07 Å². The first-order valence-corrected chi connectivity index (χ1v) is 10.0. The molecule has 0 aliphatic carbocycles. The molecule has 2 aliphatic rings. The molecule has 0 unspecified atom stereocenters. The van der Waals surface area contributed by atoms with E-state index in [9.17, 15) is 4.39 Å². The summed E-state index contributed by atoms with van der Waals surface area (Å²) >= 11 is 0. The van der Waals surface area contributed by atoms with Gasteiger partial charge in [-0.25, -0.2) is 15.0 Å². The number of halogens is 1. The Morgan fingerprint density at radius 3 is 2.79 bits per heavy atom. The lowest BCUT2D eigenvalue weighted by Crippen LogP contribution is -2.47. The van der Waals surface area contributed by atoms with Gasteiger partial charge in [0.2, 0.25) is 5.95 Å². The number of aromatic nitrogens is 4. The molecule has 1 saturated heterocycles. The summed E-state index contributed by atoms with van der Waals surface area (Å²) in [5.41, 5.74) is 3.80. The van der Waals surface area contributed by atoms with Crippen LogP contribution in [0.1, 0.15) is 36.6 Å². The van der Waals surface area contributed by atoms with Crippen molar-refractivity contribution in [2.75, 3.05) is 23.9 Å². The molecule has 6 nitrogen and oxygen atoms in total. The Balaban J connectivity index is 1.56. The Bertz CT molecular complexity index is 1040. The van der Waals surface area contributed by atoms with Gasteiger partial charge in [-0.15, -0.1) is 0 Å². The van der Waals surface area contributed by atoms with Crippen molar-refractivity contribution in [1.82, 2.24) is 19.9 Å². The number of piperidine rings is 1. The van der Waals surface area contributed by atoms with Gasteiger partial charge in [0.15, 0.2) is 5.82 Å². The summed E-state index contributed by atoms with van der Waals surface area (Å²) in [7, 11) is 3.83. The SMILES string of the molecule is CN(C)c1cc(F)nc(N2[C@@H]3CCC[C@H]2c2cnc(-c4ccccn4)nc2C3)c1. The first kappa shape index (κ1) is 18.0. The molecule has 1 fully saturated rings. The number of nitrogens with zero attached hydrogens (tertiary/aromatic N) is 6. The molecule has 2 atom stereocenters. The Hall–Kier alpha value is -3.09. The van der Waals surface area contributed by atoms with Gasteiger partial charge in [0.1, 0.15) is 11.5 Å². The first-order chi connectivity index (χ1) is 14.1. The maximum Gasteiger partial charge on any atom is 0.216 e. The van der Waals surface area contributed by atoms with E-state index in [-0.39, 0.29) is 12.1 Å². The number of hydrogen-bond donors (Lipinski definition) is 0. The monoisotopic (exact) mass is 390 g/mol. The lowest BCUT2D eigenvalue weighted by Gasteiger charge is -2.47. The van der Waals surface area contributed by atoms with Crippen molar-refractivity contribution >= 4 is 11.5 Å². The van der Waals surface area contributed by atoms with Gasteiger partial charge in [-0.3, -0.25) is 4.98 Å². The van der Waals surface area contributed by atoms with Crippen LogP contribution in [0.3, 0.4) is 0 Å². The number of hydrogen-bond acceptors (Lipinski definition) is 6. The van der Waals surface area contributed by atoms with Gasteiger partial charge in [0, 0.05) is 62.3 Å². The minimum Gasteiger partial charge on any atom is -0.377 e. The van der Waals surface area contributed by atoms with Crippen molar-refractivity contribution in [2.45, 2.75) is 37.8 Å². The summed E-state index contributed by atoms with van der Waals surface area (Å²) in [6.07, 6.45) is 7.68. The second-order valence-corrected chi connectivity index (χ2v) is 7.92. The van der Waals surface area contributed by atoms with Gasteiger partial charge in [0.05, 0.1) is 11.7 Å². The van der Waals surface area contributed by atoms with Gasteiger partial charge in [-0.1, -0.05) is 6.07 Å². The molecule has 3 aromatic heterocycles. The maximum atomic E-state index is 14.3. The molecule has 29 heavy (non-hydrogen) atoms. The third-order valence-electron chi connectivity index (χ3n) is 5.87. The van der Waals surface area contributed by atoms with Crippen molar-refractivity contribution in [2.24, 2.45) is 0 Å². The average molecular weight is 390 g/mol. The Kier molecular flexibility index (Phi) is 4.38. The molecule has 3 aromatic rings. The Morgan fingerprint density at radius 1 is 1.10 bits per heavy atom. The number of pyridine rings is 2. The first-order valence-electron chi connectivity index (χ1n) is 10.0. The van der Waals surface area contributed by atoms with Gasteiger partial charge >= 0.3 is 0 Å². The van der Waals surface area contributed by atoms with Crippen molar-refractivity contribution < 1.29 is 4.39 Å². The van der Waals surface area contributed by atoms with Crippen LogP contribution in [0, 0.1) is 5.95 Å². The molecule has 0 N–H and O–H groups in total. The normalized spacial score (nSPS) is 20.3. The van der Waals surface area contributed by atoms with Crippen molar-refractivity contribution in [1.29, 1.82) is 0 Å². The lowest BCUT2D eigenvalue weighted by atomic mass is 9.82. The van der Waals surface area contributed by atoms with Crippen LogP contribution in [0.25, 0.3) is 11.5 Å². The highest BCUT2D eigenvalue weighted by Gasteiger charge is 2.39. The van der Waals surface area contributed by atoms with E-state index in [0.717, 1.165) is 48.3 Å². The standard InChI is InChI=1S/C22H23FN6/c1-28(2)15-11-20(23)27-21(12-15)29-14-6-5-8-19(29)16-13-25-22(26-18(16)10-14)17-7-3-4-9-24-17/h3-4,7,9,11-14,19H,5-6,8,10H2,1-2H3/t14-,19+/m1/s1. The lowest BCUT2D eigenvalue weighted by molar-refractivity contribution is 0.353. The fourth-order valence-corrected chi connectivity index (χ4v) is 4.50. The molecule has 2 aliphatic heterocycles. The Morgan fingerprint density at radius 2 is 2.00 bits per heavy atom. The maximum absolute atomic E-state index is 14.3. The molecule has 148 valence electrons. The predicted molar refractivity (Wildman–Crippen MR) is 110 cm³/mol.